The molecule has 2 heterocycles. The normalized spacial score (nSPS) is 14.7. The van der Waals surface area contributed by atoms with E-state index < -0.39 is 11.4 Å². The van der Waals surface area contributed by atoms with Crippen molar-refractivity contribution in [2.75, 3.05) is 0 Å². The Hall–Kier alpha value is -4.33. The molecule has 8 heteroatoms. The van der Waals surface area contributed by atoms with Crippen molar-refractivity contribution < 1.29 is 24.4 Å². The molecule has 2 aromatic carbocycles. The van der Waals surface area contributed by atoms with Gasteiger partial charge in [-0.05, 0) is 56.4 Å². The highest BCUT2D eigenvalue weighted by Crippen LogP contribution is 2.48. The minimum atomic E-state index is -0.755. The molecule has 8 nitrogen and oxygen atoms in total. The van der Waals surface area contributed by atoms with Gasteiger partial charge in [-0.3, -0.25) is 4.79 Å². The van der Waals surface area contributed by atoms with E-state index in [0.29, 0.717) is 30.0 Å². The lowest BCUT2D eigenvalue weighted by Gasteiger charge is -2.12. The monoisotopic (exact) mass is 485 g/mol. The first-order chi connectivity index (χ1) is 17.3. The first kappa shape index (κ1) is 23.4. The fourth-order valence-corrected chi connectivity index (χ4v) is 4.23. The van der Waals surface area contributed by atoms with Gasteiger partial charge in [0.1, 0.15) is 11.4 Å². The van der Waals surface area contributed by atoms with Crippen LogP contribution in [-0.2, 0) is 10.2 Å². The number of aromatic nitrogens is 2. The van der Waals surface area contributed by atoms with Crippen LogP contribution < -0.4 is 10.2 Å². The van der Waals surface area contributed by atoms with Gasteiger partial charge in [0.2, 0.25) is 5.88 Å². The van der Waals surface area contributed by atoms with E-state index in [1.54, 1.807) is 25.1 Å². The van der Waals surface area contributed by atoms with Crippen molar-refractivity contribution in [1.82, 2.24) is 9.89 Å². The number of aliphatic carboxylic acids is 1. The van der Waals surface area contributed by atoms with Crippen LogP contribution in [0, 0.1) is 6.92 Å². The molecule has 0 aliphatic heterocycles. The molecule has 0 unspecified atom stereocenters. The summed E-state index contributed by atoms with van der Waals surface area (Å²) < 4.78 is 12.1. The zero-order valence-electron chi connectivity index (χ0n) is 20.3. The van der Waals surface area contributed by atoms with Crippen LogP contribution in [0.25, 0.3) is 22.5 Å². The molecule has 1 saturated carbocycles. The lowest BCUT2D eigenvalue weighted by atomic mass is 9.93. The van der Waals surface area contributed by atoms with E-state index in [9.17, 15) is 15.1 Å². The Balaban J connectivity index is 1.44. The molecule has 0 bridgehead atoms. The van der Waals surface area contributed by atoms with Crippen LogP contribution >= 0.6 is 0 Å². The first-order valence-corrected chi connectivity index (χ1v) is 11.8. The van der Waals surface area contributed by atoms with E-state index in [1.165, 1.54) is 0 Å². The van der Waals surface area contributed by atoms with Gasteiger partial charge in [0.15, 0.2) is 11.2 Å². The van der Waals surface area contributed by atoms with Gasteiger partial charge in [0.05, 0.1) is 11.5 Å². The number of rotatable bonds is 7. The Morgan fingerprint density at radius 2 is 1.64 bits per heavy atom. The fourth-order valence-electron chi connectivity index (χ4n) is 4.23. The summed E-state index contributed by atoms with van der Waals surface area (Å²) in [6, 6.07) is 20.6. The average Bonchev–Trinajstić information content (AvgIpc) is 3.61. The van der Waals surface area contributed by atoms with Crippen molar-refractivity contribution in [3.63, 3.8) is 0 Å². The van der Waals surface area contributed by atoms with Gasteiger partial charge < -0.3 is 19.6 Å². The van der Waals surface area contributed by atoms with Gasteiger partial charge in [-0.25, -0.2) is 4.99 Å². The van der Waals surface area contributed by atoms with E-state index in [0.717, 1.165) is 27.0 Å². The quantitative estimate of drug-likeness (QED) is 0.335. The molecular formula is C28H27N3O5. The van der Waals surface area contributed by atoms with Gasteiger partial charge in [0.25, 0.3) is 0 Å². The Labute approximate surface area is 208 Å². The summed E-state index contributed by atoms with van der Waals surface area (Å²) in [7, 11) is 0. The molecule has 0 spiro atoms. The van der Waals surface area contributed by atoms with E-state index in [2.05, 4.69) is 10.1 Å². The number of carboxylic acid groups (broad SMARTS) is 1. The molecule has 2 aromatic heterocycles. The first-order valence-electron chi connectivity index (χ1n) is 11.8. The van der Waals surface area contributed by atoms with Crippen LogP contribution in [0.3, 0.4) is 0 Å². The highest BCUT2D eigenvalue weighted by Gasteiger charge is 2.51. The summed E-state index contributed by atoms with van der Waals surface area (Å²) in [5, 5.41) is 24.2. The Morgan fingerprint density at radius 1 is 1.03 bits per heavy atom. The van der Waals surface area contributed by atoms with E-state index in [4.69, 9.17) is 9.26 Å². The number of carbonyl (C=O) groups is 1. The van der Waals surface area contributed by atoms with Crippen molar-refractivity contribution in [2.45, 2.75) is 45.1 Å². The van der Waals surface area contributed by atoms with Crippen molar-refractivity contribution in [3.8, 4) is 28.3 Å². The van der Waals surface area contributed by atoms with Crippen LogP contribution in [-0.4, -0.2) is 32.3 Å². The SMILES string of the molecule is Cc1noc(-c2ccc(-c3ccc(C4(C(=O)O)CC4)cc3)cc2)c1N=c1cccc(OC(C)C)n1O. The zero-order chi connectivity index (χ0) is 25.4. The number of hydrogen-bond acceptors (Lipinski definition) is 6. The topological polar surface area (TPSA) is 110 Å². The average molecular weight is 486 g/mol. The highest BCUT2D eigenvalue weighted by atomic mass is 16.6. The summed E-state index contributed by atoms with van der Waals surface area (Å²) in [5.74, 6) is 0.0176. The Morgan fingerprint density at radius 3 is 2.22 bits per heavy atom. The molecular weight excluding hydrogens is 458 g/mol. The summed E-state index contributed by atoms with van der Waals surface area (Å²) in [6.45, 7) is 5.55. The van der Waals surface area contributed by atoms with E-state index in [1.807, 2.05) is 62.4 Å². The second-order valence-electron chi connectivity index (χ2n) is 9.30. The molecule has 0 radical (unpaired) electrons. The summed E-state index contributed by atoms with van der Waals surface area (Å²) in [5.41, 5.74) is 4.30. The smallest absolute Gasteiger partial charge is 0.314 e. The predicted octanol–water partition coefficient (Wildman–Crippen LogP) is 5.49. The number of pyridine rings is 1. The van der Waals surface area contributed by atoms with Crippen molar-refractivity contribution in [1.29, 1.82) is 0 Å². The number of benzene rings is 2. The number of hydrogen-bond donors (Lipinski definition) is 2. The Bertz CT molecular complexity index is 1480. The highest BCUT2D eigenvalue weighted by molar-refractivity contribution is 5.85. The molecule has 0 atom stereocenters. The van der Waals surface area contributed by atoms with Crippen molar-refractivity contribution in [3.05, 3.63) is 83.5 Å². The van der Waals surface area contributed by atoms with Gasteiger partial charge >= 0.3 is 5.97 Å². The second kappa shape index (κ2) is 9.03. The number of aryl methyl sites for hydroxylation is 1. The van der Waals surface area contributed by atoms with Crippen molar-refractivity contribution in [2.24, 2.45) is 4.99 Å². The molecule has 184 valence electrons. The molecule has 4 aromatic rings. The summed E-state index contributed by atoms with van der Waals surface area (Å²) in [4.78, 5) is 16.2. The van der Waals surface area contributed by atoms with Crippen LogP contribution in [0.5, 0.6) is 5.88 Å². The molecule has 36 heavy (non-hydrogen) atoms. The van der Waals surface area contributed by atoms with Gasteiger partial charge in [-0.1, -0.05) is 59.8 Å². The maximum absolute atomic E-state index is 11.6. The summed E-state index contributed by atoms with van der Waals surface area (Å²) >= 11 is 0. The third-order valence-corrected chi connectivity index (χ3v) is 6.40. The summed E-state index contributed by atoms with van der Waals surface area (Å²) in [6.07, 6.45) is 1.27. The molecule has 1 aliphatic carbocycles. The molecule has 1 aliphatic rings. The molecule has 0 saturated heterocycles. The van der Waals surface area contributed by atoms with Gasteiger partial charge in [-0.15, -0.1) is 4.73 Å². The minimum Gasteiger partial charge on any atom is -0.481 e. The van der Waals surface area contributed by atoms with Gasteiger partial charge in [0, 0.05) is 11.6 Å². The zero-order valence-corrected chi connectivity index (χ0v) is 20.3. The standard InChI is InChI=1S/C28H27N3O5/c1-17(2)35-24-6-4-5-23(31(24)34)29-25-18(3)30-36-26(25)21-9-7-19(8-10-21)20-11-13-22(14-12-20)28(15-16-28)27(32)33/h4-14,17,34H,15-16H2,1-3H3,(H,32,33). The molecule has 5 rings (SSSR count). The van der Waals surface area contributed by atoms with Crippen molar-refractivity contribution >= 4 is 11.7 Å². The van der Waals surface area contributed by atoms with Crippen LogP contribution in [0.15, 0.2) is 76.2 Å². The fraction of sp³-hybridized carbons (Fsp3) is 0.250. The third-order valence-electron chi connectivity index (χ3n) is 6.40. The van der Waals surface area contributed by atoms with E-state index in [-0.39, 0.29) is 17.5 Å². The number of nitrogens with zero attached hydrogens (tertiary/aromatic N) is 3. The lowest BCUT2D eigenvalue weighted by molar-refractivity contribution is -0.140. The number of carboxylic acids is 1. The maximum Gasteiger partial charge on any atom is 0.314 e. The van der Waals surface area contributed by atoms with Crippen LogP contribution in [0.1, 0.15) is 37.9 Å². The molecule has 0 amide bonds. The van der Waals surface area contributed by atoms with Crippen LogP contribution in [0.4, 0.5) is 5.69 Å². The van der Waals surface area contributed by atoms with Crippen LogP contribution in [0.2, 0.25) is 0 Å². The van der Waals surface area contributed by atoms with E-state index >= 15 is 0 Å². The maximum atomic E-state index is 11.6. The van der Waals surface area contributed by atoms with Gasteiger partial charge in [-0.2, -0.15) is 0 Å². The second-order valence-corrected chi connectivity index (χ2v) is 9.30. The Kier molecular flexibility index (Phi) is 5.88. The largest absolute Gasteiger partial charge is 0.481 e. The molecule has 1 fully saturated rings. The third kappa shape index (κ3) is 4.26. The number of ether oxygens (including phenoxy) is 1. The lowest BCUT2D eigenvalue weighted by Crippen LogP contribution is -2.21. The minimum absolute atomic E-state index is 0.103. The molecule has 2 N–H and O–H groups in total. The predicted molar refractivity (Wildman–Crippen MR) is 133 cm³/mol.